The summed E-state index contributed by atoms with van der Waals surface area (Å²) in [6, 6.07) is 17.2. The number of hydrogen-bond donors (Lipinski definition) is 0. The number of methoxy groups -OCH3 is 2. The van der Waals surface area contributed by atoms with Crippen LogP contribution in [0.4, 0.5) is 5.69 Å². The second-order valence-electron chi connectivity index (χ2n) is 9.06. The molecule has 10 nitrogen and oxygen atoms in total. The van der Waals surface area contributed by atoms with Crippen molar-refractivity contribution in [3.8, 4) is 5.75 Å². The minimum atomic E-state index is -4.32. The first-order valence-electron chi connectivity index (χ1n) is 12.4. The molecule has 3 aromatic rings. The van der Waals surface area contributed by atoms with Gasteiger partial charge in [-0.2, -0.15) is 4.31 Å². The monoisotopic (exact) mass is 554 g/mol. The molecule has 1 unspecified atom stereocenters. The van der Waals surface area contributed by atoms with Gasteiger partial charge < -0.3 is 14.2 Å². The van der Waals surface area contributed by atoms with E-state index in [1.54, 1.807) is 24.3 Å². The molecule has 4 rings (SSSR count). The van der Waals surface area contributed by atoms with Gasteiger partial charge in [0.05, 0.1) is 23.6 Å². The van der Waals surface area contributed by atoms with Crippen LogP contribution < -0.4 is 4.74 Å². The molecule has 206 valence electrons. The van der Waals surface area contributed by atoms with Crippen LogP contribution in [0.2, 0.25) is 0 Å². The van der Waals surface area contributed by atoms with Gasteiger partial charge in [-0.1, -0.05) is 36.4 Å². The van der Waals surface area contributed by atoms with E-state index in [2.05, 4.69) is 0 Å². The molecule has 3 aromatic carbocycles. The topological polar surface area (TPSA) is 125 Å². The van der Waals surface area contributed by atoms with Crippen LogP contribution in [0, 0.1) is 10.1 Å². The quantitative estimate of drug-likeness (QED) is 0.145. The molecule has 0 bridgehead atoms. The second-order valence-corrected chi connectivity index (χ2v) is 10.9. The third-order valence-electron chi connectivity index (χ3n) is 6.75. The number of nitro benzene ring substituents is 1. The van der Waals surface area contributed by atoms with Crippen molar-refractivity contribution in [3.05, 3.63) is 99.1 Å². The molecule has 0 radical (unpaired) electrons. The Morgan fingerprint density at radius 3 is 2.56 bits per heavy atom. The largest absolute Gasteiger partial charge is 0.467 e. The molecule has 11 heteroatoms. The van der Waals surface area contributed by atoms with Crippen molar-refractivity contribution in [1.29, 1.82) is 0 Å². The summed E-state index contributed by atoms with van der Waals surface area (Å²) >= 11 is 0. The molecule has 0 amide bonds. The molecular formula is C28H30N2O8S. The lowest BCUT2D eigenvalue weighted by atomic mass is 9.86. The molecule has 0 spiro atoms. The Morgan fingerprint density at radius 2 is 1.82 bits per heavy atom. The van der Waals surface area contributed by atoms with E-state index in [0.29, 0.717) is 37.0 Å². The molecule has 1 atom stereocenters. The van der Waals surface area contributed by atoms with Crippen LogP contribution in [0.25, 0.3) is 0 Å². The Kier molecular flexibility index (Phi) is 8.95. The molecule has 0 N–H and O–H groups in total. The smallest absolute Gasteiger partial charge is 0.337 e. The molecule has 0 aliphatic heterocycles. The van der Waals surface area contributed by atoms with Gasteiger partial charge in [0.2, 0.25) is 10.0 Å². The highest BCUT2D eigenvalue weighted by Gasteiger charge is 2.38. The van der Waals surface area contributed by atoms with Gasteiger partial charge in [-0.25, -0.2) is 13.2 Å². The van der Waals surface area contributed by atoms with Gasteiger partial charge in [-0.05, 0) is 66.6 Å². The van der Waals surface area contributed by atoms with E-state index in [0.717, 1.165) is 16.7 Å². The zero-order valence-electron chi connectivity index (χ0n) is 21.7. The maximum absolute atomic E-state index is 14.2. The van der Waals surface area contributed by atoms with Gasteiger partial charge in [-0.15, -0.1) is 0 Å². The van der Waals surface area contributed by atoms with E-state index >= 15 is 0 Å². The van der Waals surface area contributed by atoms with Crippen molar-refractivity contribution in [2.75, 3.05) is 27.6 Å². The minimum Gasteiger partial charge on any atom is -0.467 e. The number of para-hydroxylation sites is 2. The number of fused-ring (bicyclic) bond motifs is 1. The van der Waals surface area contributed by atoms with Gasteiger partial charge in [0.25, 0.3) is 5.69 Å². The predicted molar refractivity (Wildman–Crippen MR) is 143 cm³/mol. The van der Waals surface area contributed by atoms with Crippen LogP contribution in [0.1, 0.15) is 45.9 Å². The van der Waals surface area contributed by atoms with Crippen LogP contribution >= 0.6 is 0 Å². The highest BCUT2D eigenvalue weighted by atomic mass is 32.2. The van der Waals surface area contributed by atoms with Crippen molar-refractivity contribution in [3.63, 3.8) is 0 Å². The summed E-state index contributed by atoms with van der Waals surface area (Å²) in [6.45, 7) is 0.0817. The fourth-order valence-electron chi connectivity index (χ4n) is 4.93. The van der Waals surface area contributed by atoms with Crippen LogP contribution in [0.15, 0.2) is 71.6 Å². The average Bonchev–Trinajstić information content (AvgIpc) is 2.95. The summed E-state index contributed by atoms with van der Waals surface area (Å²) in [6.07, 6.45) is 2.17. The second kappa shape index (κ2) is 12.4. The van der Waals surface area contributed by atoms with Crippen molar-refractivity contribution >= 4 is 21.7 Å². The van der Waals surface area contributed by atoms with E-state index < -0.39 is 32.6 Å². The maximum atomic E-state index is 14.2. The molecule has 0 saturated heterocycles. The lowest BCUT2D eigenvalue weighted by Crippen LogP contribution is -2.38. The molecule has 0 saturated carbocycles. The lowest BCUT2D eigenvalue weighted by molar-refractivity contribution is -0.387. The SMILES string of the molecule is COCOc1ccccc1CCN(C1CCCc2cc(C(=O)OC)ccc21)S(=O)(=O)c1ccccc1[N+](=O)[O-]. The van der Waals surface area contributed by atoms with Gasteiger partial charge in [-0.3, -0.25) is 10.1 Å². The Bertz CT molecular complexity index is 1460. The molecular weight excluding hydrogens is 524 g/mol. The van der Waals surface area contributed by atoms with E-state index in [-0.39, 0.29) is 18.2 Å². The Morgan fingerprint density at radius 1 is 1.08 bits per heavy atom. The third kappa shape index (κ3) is 6.11. The highest BCUT2D eigenvalue weighted by Crippen LogP contribution is 2.40. The number of carbonyl (C=O) groups excluding carboxylic acids is 1. The highest BCUT2D eigenvalue weighted by molar-refractivity contribution is 7.89. The Hall–Kier alpha value is -3.80. The van der Waals surface area contributed by atoms with Crippen LogP contribution in [0.5, 0.6) is 5.75 Å². The molecule has 39 heavy (non-hydrogen) atoms. The van der Waals surface area contributed by atoms with Crippen molar-refractivity contribution in [1.82, 2.24) is 4.31 Å². The Labute approximate surface area is 227 Å². The molecule has 0 aromatic heterocycles. The molecule has 0 heterocycles. The number of benzene rings is 3. The van der Waals surface area contributed by atoms with E-state index in [4.69, 9.17) is 14.2 Å². The van der Waals surface area contributed by atoms with Gasteiger partial charge in [0.15, 0.2) is 11.7 Å². The number of hydrogen-bond acceptors (Lipinski definition) is 8. The lowest BCUT2D eigenvalue weighted by Gasteiger charge is -2.35. The fourth-order valence-corrected chi connectivity index (χ4v) is 6.73. The number of esters is 1. The number of sulfonamides is 1. The summed E-state index contributed by atoms with van der Waals surface area (Å²) in [5.41, 5.74) is 2.28. The van der Waals surface area contributed by atoms with Crippen molar-refractivity contribution < 1.29 is 32.3 Å². The standard InChI is InChI=1S/C28H30N2O8S/c1-36-19-38-26-12-5-3-8-20(26)16-17-29(39(34,35)27-13-6-4-10-25(27)30(32)33)24-11-7-9-21-18-22(28(31)37-2)14-15-23(21)24/h3-6,8,10,12-15,18,24H,7,9,11,16-17,19H2,1-2H3. The maximum Gasteiger partial charge on any atom is 0.337 e. The van der Waals surface area contributed by atoms with Crippen LogP contribution in [-0.2, 0) is 32.3 Å². The summed E-state index contributed by atoms with van der Waals surface area (Å²) in [4.78, 5) is 22.8. The number of nitro groups is 1. The normalized spacial score (nSPS) is 15.0. The third-order valence-corrected chi connectivity index (χ3v) is 8.70. The Balaban J connectivity index is 1.78. The van der Waals surface area contributed by atoms with Gasteiger partial charge in [0, 0.05) is 19.7 Å². The average molecular weight is 555 g/mol. The zero-order valence-corrected chi connectivity index (χ0v) is 22.6. The van der Waals surface area contributed by atoms with Gasteiger partial charge in [0.1, 0.15) is 5.75 Å². The minimum absolute atomic E-state index is 0.0355. The first kappa shape index (κ1) is 28.2. The fraction of sp³-hybridized carbons (Fsp3) is 0.321. The predicted octanol–water partition coefficient (Wildman–Crippen LogP) is 4.68. The molecule has 1 aliphatic rings. The van der Waals surface area contributed by atoms with Crippen LogP contribution in [-0.4, -0.2) is 51.2 Å². The summed E-state index contributed by atoms with van der Waals surface area (Å²) in [5.74, 6) is 0.0890. The first-order chi connectivity index (χ1) is 18.8. The summed E-state index contributed by atoms with van der Waals surface area (Å²) < 4.78 is 45.2. The van der Waals surface area contributed by atoms with E-state index in [1.807, 2.05) is 18.2 Å². The summed E-state index contributed by atoms with van der Waals surface area (Å²) in [7, 11) is -1.50. The van der Waals surface area contributed by atoms with E-state index in [1.165, 1.54) is 42.8 Å². The van der Waals surface area contributed by atoms with Crippen molar-refractivity contribution in [2.45, 2.75) is 36.6 Å². The molecule has 1 aliphatic carbocycles. The summed E-state index contributed by atoms with van der Waals surface area (Å²) in [5, 5.41) is 11.8. The number of aryl methyl sites for hydroxylation is 1. The zero-order chi connectivity index (χ0) is 28.0. The number of carbonyl (C=O) groups is 1. The van der Waals surface area contributed by atoms with Crippen molar-refractivity contribution in [2.24, 2.45) is 0 Å². The number of ether oxygens (including phenoxy) is 3. The van der Waals surface area contributed by atoms with Gasteiger partial charge >= 0.3 is 5.97 Å². The van der Waals surface area contributed by atoms with E-state index in [9.17, 15) is 23.3 Å². The number of rotatable bonds is 11. The number of nitrogens with zero attached hydrogens (tertiary/aromatic N) is 2. The first-order valence-corrected chi connectivity index (χ1v) is 13.9. The van der Waals surface area contributed by atoms with Crippen LogP contribution in [0.3, 0.4) is 0 Å². The molecule has 0 fully saturated rings.